The fourth-order valence-corrected chi connectivity index (χ4v) is 3.69. The van der Waals surface area contributed by atoms with Crippen molar-refractivity contribution in [1.29, 1.82) is 0 Å². The lowest BCUT2D eigenvalue weighted by molar-refractivity contribution is -0.386. The Kier molecular flexibility index (Phi) is 7.30. The van der Waals surface area contributed by atoms with Gasteiger partial charge in [-0.1, -0.05) is 41.4 Å². The quantitative estimate of drug-likeness (QED) is 0.219. The molecule has 0 fully saturated rings. The van der Waals surface area contributed by atoms with Crippen LogP contribution in [0.1, 0.15) is 51.4 Å². The van der Waals surface area contributed by atoms with Crippen LogP contribution in [0.4, 0.5) is 5.69 Å². The van der Waals surface area contributed by atoms with E-state index in [-0.39, 0.29) is 34.0 Å². The number of hydrogen-bond acceptors (Lipinski definition) is 6. The molecule has 0 spiro atoms. The molecule has 168 valence electrons. The van der Waals surface area contributed by atoms with Crippen molar-refractivity contribution in [3.63, 3.8) is 0 Å². The molecule has 8 nitrogen and oxygen atoms in total. The summed E-state index contributed by atoms with van der Waals surface area (Å²) in [6.07, 6.45) is 1.82. The van der Waals surface area contributed by atoms with Gasteiger partial charge in [0.1, 0.15) is 5.82 Å². The van der Waals surface area contributed by atoms with Crippen LogP contribution in [0.25, 0.3) is 10.9 Å². The highest BCUT2D eigenvalue weighted by Gasteiger charge is 2.21. The molecular weight excluding hydrogens is 500 g/mol. The summed E-state index contributed by atoms with van der Waals surface area (Å²) in [6, 6.07) is 8.11. The molecule has 0 aliphatic rings. The second-order valence-corrected chi connectivity index (χ2v) is 8.90. The van der Waals surface area contributed by atoms with E-state index in [0.29, 0.717) is 22.3 Å². The Morgan fingerprint density at radius 2 is 2.03 bits per heavy atom. The van der Waals surface area contributed by atoms with Gasteiger partial charge in [-0.2, -0.15) is 9.78 Å². The molecule has 0 unspecified atom stereocenters. The maximum atomic E-state index is 13.2. The zero-order valence-electron chi connectivity index (χ0n) is 18.0. The number of aromatic nitrogens is 2. The SMILES string of the molecule is CC[C@H](C)c1nc2ccc(Br)cc2c(=O)n1N=Cc1cc(Cl)c(OC(C)C)c([N+](=O)[O-])c1. The van der Waals surface area contributed by atoms with Gasteiger partial charge in [0, 0.05) is 22.0 Å². The van der Waals surface area contributed by atoms with Crippen molar-refractivity contribution in [2.75, 3.05) is 0 Å². The van der Waals surface area contributed by atoms with Crippen LogP contribution in [0.3, 0.4) is 0 Å². The smallest absolute Gasteiger partial charge is 0.313 e. The number of nitrogens with zero attached hydrogens (tertiary/aromatic N) is 4. The Balaban J connectivity index is 2.16. The molecule has 0 radical (unpaired) electrons. The molecule has 2 aromatic carbocycles. The molecule has 0 saturated heterocycles. The Morgan fingerprint density at radius 3 is 2.66 bits per heavy atom. The average Bonchev–Trinajstić information content (AvgIpc) is 2.73. The molecule has 32 heavy (non-hydrogen) atoms. The molecule has 0 N–H and O–H groups in total. The second kappa shape index (κ2) is 9.79. The minimum atomic E-state index is -0.563. The highest BCUT2D eigenvalue weighted by molar-refractivity contribution is 9.10. The summed E-state index contributed by atoms with van der Waals surface area (Å²) in [6.45, 7) is 7.46. The minimum Gasteiger partial charge on any atom is -0.483 e. The Morgan fingerprint density at radius 1 is 1.31 bits per heavy atom. The standard InChI is InChI=1S/C22H22BrClN4O4/c1-5-13(4)21-26-18-7-6-15(23)10-16(18)22(29)27(21)25-11-14-8-17(24)20(32-12(2)3)19(9-14)28(30)31/h6-13H,5H2,1-4H3/t13-/m0/s1. The number of hydrogen-bond donors (Lipinski definition) is 0. The molecular formula is C22H22BrClN4O4. The highest BCUT2D eigenvalue weighted by Crippen LogP contribution is 2.36. The second-order valence-electron chi connectivity index (χ2n) is 7.58. The van der Waals surface area contributed by atoms with Crippen LogP contribution in [0.5, 0.6) is 5.75 Å². The Bertz CT molecular complexity index is 1270. The minimum absolute atomic E-state index is 0.00139. The summed E-state index contributed by atoms with van der Waals surface area (Å²) >= 11 is 9.63. The van der Waals surface area contributed by atoms with E-state index < -0.39 is 4.92 Å². The van der Waals surface area contributed by atoms with E-state index in [1.807, 2.05) is 19.9 Å². The first-order chi connectivity index (χ1) is 15.1. The zero-order chi connectivity index (χ0) is 23.6. The van der Waals surface area contributed by atoms with Gasteiger partial charge < -0.3 is 4.74 Å². The van der Waals surface area contributed by atoms with E-state index >= 15 is 0 Å². The van der Waals surface area contributed by atoms with Crippen molar-refractivity contribution in [2.45, 2.75) is 46.1 Å². The van der Waals surface area contributed by atoms with E-state index in [1.54, 1.807) is 26.0 Å². The van der Waals surface area contributed by atoms with Crippen LogP contribution < -0.4 is 10.3 Å². The lowest BCUT2D eigenvalue weighted by Crippen LogP contribution is -2.23. The number of ether oxygens (including phenoxy) is 1. The van der Waals surface area contributed by atoms with Crippen LogP contribution in [-0.2, 0) is 0 Å². The summed E-state index contributed by atoms with van der Waals surface area (Å²) in [7, 11) is 0. The van der Waals surface area contributed by atoms with Crippen LogP contribution in [0, 0.1) is 10.1 Å². The van der Waals surface area contributed by atoms with Crippen LogP contribution >= 0.6 is 27.5 Å². The van der Waals surface area contributed by atoms with Crippen LogP contribution in [0.15, 0.2) is 44.7 Å². The molecule has 0 amide bonds. The fourth-order valence-electron chi connectivity index (χ4n) is 3.07. The van der Waals surface area contributed by atoms with Crippen molar-refractivity contribution in [1.82, 2.24) is 9.66 Å². The molecule has 10 heteroatoms. The first kappa shape index (κ1) is 23.9. The van der Waals surface area contributed by atoms with Gasteiger partial charge in [-0.3, -0.25) is 14.9 Å². The molecule has 1 aromatic heterocycles. The zero-order valence-corrected chi connectivity index (χ0v) is 20.3. The molecule has 0 saturated carbocycles. The van der Waals surface area contributed by atoms with Gasteiger partial charge in [-0.25, -0.2) is 4.98 Å². The monoisotopic (exact) mass is 520 g/mol. The van der Waals surface area contributed by atoms with Gasteiger partial charge in [-0.05, 0) is 44.5 Å². The van der Waals surface area contributed by atoms with E-state index in [9.17, 15) is 14.9 Å². The van der Waals surface area contributed by atoms with Crippen LogP contribution in [0.2, 0.25) is 5.02 Å². The summed E-state index contributed by atoms with van der Waals surface area (Å²) in [5, 5.41) is 16.4. The van der Waals surface area contributed by atoms with Gasteiger partial charge >= 0.3 is 5.69 Å². The Labute approximate surface area is 198 Å². The largest absolute Gasteiger partial charge is 0.483 e. The molecule has 0 bridgehead atoms. The third-order valence-corrected chi connectivity index (χ3v) is 5.58. The molecule has 1 heterocycles. The lowest BCUT2D eigenvalue weighted by Gasteiger charge is -2.14. The fraction of sp³-hybridized carbons (Fsp3) is 0.318. The number of nitro benzene ring substituents is 1. The van der Waals surface area contributed by atoms with E-state index in [0.717, 1.165) is 10.9 Å². The van der Waals surface area contributed by atoms with Gasteiger partial charge in [0.2, 0.25) is 5.75 Å². The van der Waals surface area contributed by atoms with Crippen molar-refractivity contribution in [3.05, 3.63) is 71.7 Å². The normalized spacial score (nSPS) is 12.6. The number of halogens is 2. The van der Waals surface area contributed by atoms with Crippen molar-refractivity contribution in [3.8, 4) is 5.75 Å². The first-order valence-corrected chi connectivity index (χ1v) is 11.2. The molecule has 1 atom stereocenters. The van der Waals surface area contributed by atoms with E-state index in [1.165, 1.54) is 23.0 Å². The third kappa shape index (κ3) is 4.99. The van der Waals surface area contributed by atoms with E-state index in [4.69, 9.17) is 16.3 Å². The van der Waals surface area contributed by atoms with Crippen molar-refractivity contribution < 1.29 is 9.66 Å². The molecule has 0 aliphatic carbocycles. The van der Waals surface area contributed by atoms with Crippen molar-refractivity contribution >= 4 is 50.3 Å². The summed E-state index contributed by atoms with van der Waals surface area (Å²) in [5.41, 5.74) is 0.328. The predicted octanol–water partition coefficient (Wildman–Crippen LogP) is 5.90. The highest BCUT2D eigenvalue weighted by atomic mass is 79.9. The number of benzene rings is 2. The average molecular weight is 522 g/mol. The van der Waals surface area contributed by atoms with Crippen LogP contribution in [-0.4, -0.2) is 26.9 Å². The third-order valence-electron chi connectivity index (χ3n) is 4.81. The number of fused-ring (bicyclic) bond motifs is 1. The Hall–Kier alpha value is -2.78. The van der Waals surface area contributed by atoms with Gasteiger partial charge in [0.05, 0.1) is 33.2 Å². The van der Waals surface area contributed by atoms with Gasteiger partial charge in [-0.15, -0.1) is 0 Å². The summed E-state index contributed by atoms with van der Waals surface area (Å²) in [4.78, 5) is 28.8. The topological polar surface area (TPSA) is 99.6 Å². The maximum absolute atomic E-state index is 13.2. The summed E-state index contributed by atoms with van der Waals surface area (Å²) in [5.74, 6) is 0.468. The maximum Gasteiger partial charge on any atom is 0.313 e. The number of nitro groups is 1. The first-order valence-electron chi connectivity index (χ1n) is 10.0. The predicted molar refractivity (Wildman–Crippen MR) is 129 cm³/mol. The lowest BCUT2D eigenvalue weighted by atomic mass is 10.1. The van der Waals surface area contributed by atoms with Crippen molar-refractivity contribution in [2.24, 2.45) is 5.10 Å². The van der Waals surface area contributed by atoms with E-state index in [2.05, 4.69) is 26.0 Å². The number of rotatable bonds is 7. The molecule has 0 aliphatic heterocycles. The van der Waals surface area contributed by atoms with Gasteiger partial charge in [0.15, 0.2) is 0 Å². The summed E-state index contributed by atoms with van der Waals surface area (Å²) < 4.78 is 7.50. The molecule has 3 aromatic rings. The molecule has 3 rings (SSSR count). The van der Waals surface area contributed by atoms with Gasteiger partial charge in [0.25, 0.3) is 5.56 Å².